The molecule has 0 radical (unpaired) electrons. The molecular weight excluding hydrogens is 252 g/mol. The number of rotatable bonds is 4. The van der Waals surface area contributed by atoms with Gasteiger partial charge < -0.3 is 4.52 Å². The highest BCUT2D eigenvalue weighted by molar-refractivity contribution is 5.07. The summed E-state index contributed by atoms with van der Waals surface area (Å²) in [7, 11) is 0. The Morgan fingerprint density at radius 1 is 1.30 bits per heavy atom. The van der Waals surface area contributed by atoms with Gasteiger partial charge in [-0.25, -0.2) is 0 Å². The quantitative estimate of drug-likeness (QED) is 0.859. The van der Waals surface area contributed by atoms with Crippen molar-refractivity contribution in [2.24, 2.45) is 0 Å². The van der Waals surface area contributed by atoms with Gasteiger partial charge in [0.15, 0.2) is 0 Å². The summed E-state index contributed by atoms with van der Waals surface area (Å²) in [6.07, 6.45) is 2.48. The Hall–Kier alpha value is -1.62. The first kappa shape index (κ1) is 13.4. The van der Waals surface area contributed by atoms with E-state index in [1.165, 1.54) is 18.5 Å². The molecule has 20 heavy (non-hydrogen) atoms. The first-order chi connectivity index (χ1) is 9.61. The van der Waals surface area contributed by atoms with Crippen LogP contribution in [0.1, 0.15) is 35.7 Å². The van der Waals surface area contributed by atoms with Crippen LogP contribution in [0.2, 0.25) is 0 Å². The van der Waals surface area contributed by atoms with E-state index >= 15 is 0 Å². The van der Waals surface area contributed by atoms with Gasteiger partial charge >= 0.3 is 0 Å². The molecule has 1 fully saturated rings. The zero-order chi connectivity index (χ0) is 14.1. The van der Waals surface area contributed by atoms with Crippen molar-refractivity contribution >= 4 is 0 Å². The van der Waals surface area contributed by atoms with Gasteiger partial charge in [0.1, 0.15) is 5.76 Å². The van der Waals surface area contributed by atoms with E-state index in [-0.39, 0.29) is 0 Å². The van der Waals surface area contributed by atoms with Crippen LogP contribution in [0.15, 0.2) is 16.7 Å². The van der Waals surface area contributed by atoms with E-state index in [9.17, 15) is 0 Å². The lowest BCUT2D eigenvalue weighted by molar-refractivity contribution is 0.212. The van der Waals surface area contributed by atoms with E-state index in [0.29, 0.717) is 6.04 Å². The fourth-order valence-corrected chi connectivity index (χ4v) is 3.07. The van der Waals surface area contributed by atoms with Crippen molar-refractivity contribution in [3.63, 3.8) is 0 Å². The van der Waals surface area contributed by atoms with E-state index in [2.05, 4.69) is 32.8 Å². The van der Waals surface area contributed by atoms with Gasteiger partial charge in [-0.3, -0.25) is 9.58 Å². The first-order valence-corrected chi connectivity index (χ1v) is 7.29. The number of aryl methyl sites for hydroxylation is 3. The summed E-state index contributed by atoms with van der Waals surface area (Å²) in [5.41, 5.74) is 3.37. The van der Waals surface area contributed by atoms with Gasteiger partial charge in [0, 0.05) is 24.3 Å². The molecule has 0 spiro atoms. The summed E-state index contributed by atoms with van der Waals surface area (Å²) in [5.74, 6) is 0.884. The van der Waals surface area contributed by atoms with Crippen LogP contribution in [0, 0.1) is 20.8 Å². The van der Waals surface area contributed by atoms with Crippen molar-refractivity contribution in [1.82, 2.24) is 19.8 Å². The lowest BCUT2D eigenvalue weighted by atomic mass is 10.2. The van der Waals surface area contributed by atoms with Crippen LogP contribution < -0.4 is 0 Å². The topological polar surface area (TPSA) is 47.1 Å². The Balaban J connectivity index is 1.67. The monoisotopic (exact) mass is 274 g/mol. The highest BCUT2D eigenvalue weighted by Crippen LogP contribution is 2.22. The molecule has 3 rings (SSSR count). The fraction of sp³-hybridized carbons (Fsp3) is 0.600. The maximum atomic E-state index is 5.16. The normalized spacial score (nSPS) is 19.9. The van der Waals surface area contributed by atoms with E-state index in [0.717, 1.165) is 36.8 Å². The Labute approximate surface area is 119 Å². The Morgan fingerprint density at radius 3 is 2.80 bits per heavy atom. The lowest BCUT2D eigenvalue weighted by Crippen LogP contribution is -2.33. The minimum Gasteiger partial charge on any atom is -0.361 e. The second kappa shape index (κ2) is 5.40. The Kier molecular flexibility index (Phi) is 3.61. The van der Waals surface area contributed by atoms with Crippen molar-refractivity contribution in [2.45, 2.75) is 52.7 Å². The molecule has 1 atom stereocenters. The van der Waals surface area contributed by atoms with Crippen molar-refractivity contribution in [2.75, 3.05) is 6.54 Å². The highest BCUT2D eigenvalue weighted by Gasteiger charge is 2.26. The molecule has 0 aliphatic carbocycles. The highest BCUT2D eigenvalue weighted by atomic mass is 16.5. The predicted octanol–water partition coefficient (Wildman–Crippen LogP) is 2.46. The standard InChI is InChI=1S/C15H22N4O/c1-11-7-12(2)19(16-11)10-15-5-4-6-18(15)9-14-8-13(3)20-17-14/h7-8,15H,4-6,9-10H2,1-3H3/t15-/m1/s1. The van der Waals surface area contributed by atoms with Crippen molar-refractivity contribution < 1.29 is 4.52 Å². The van der Waals surface area contributed by atoms with Crippen molar-refractivity contribution in [3.8, 4) is 0 Å². The molecule has 0 aromatic carbocycles. The van der Waals surface area contributed by atoms with E-state index in [1.807, 2.05) is 19.9 Å². The number of likely N-dealkylation sites (tertiary alicyclic amines) is 1. The summed E-state index contributed by atoms with van der Waals surface area (Å²) in [6, 6.07) is 4.71. The molecule has 2 aromatic heterocycles. The van der Waals surface area contributed by atoms with Gasteiger partial charge in [0.2, 0.25) is 0 Å². The van der Waals surface area contributed by atoms with Gasteiger partial charge in [-0.1, -0.05) is 5.16 Å². The van der Waals surface area contributed by atoms with Crippen LogP contribution in [0.5, 0.6) is 0 Å². The molecule has 0 amide bonds. The van der Waals surface area contributed by atoms with Gasteiger partial charge in [-0.15, -0.1) is 0 Å². The van der Waals surface area contributed by atoms with Crippen molar-refractivity contribution in [3.05, 3.63) is 35.0 Å². The predicted molar refractivity (Wildman–Crippen MR) is 76.4 cm³/mol. The summed E-state index contributed by atoms with van der Waals surface area (Å²) in [6.45, 7) is 9.09. The molecule has 1 saturated heterocycles. The van der Waals surface area contributed by atoms with E-state index < -0.39 is 0 Å². The van der Waals surface area contributed by atoms with E-state index in [4.69, 9.17) is 4.52 Å². The molecule has 1 aliphatic rings. The molecule has 0 saturated carbocycles. The second-order valence-corrected chi connectivity index (χ2v) is 5.80. The van der Waals surface area contributed by atoms with Crippen LogP contribution in [-0.2, 0) is 13.1 Å². The third-order valence-electron chi connectivity index (χ3n) is 4.03. The molecule has 5 nitrogen and oxygen atoms in total. The zero-order valence-electron chi connectivity index (χ0n) is 12.5. The molecule has 0 bridgehead atoms. The molecule has 0 unspecified atom stereocenters. The third-order valence-corrected chi connectivity index (χ3v) is 4.03. The molecule has 1 aliphatic heterocycles. The first-order valence-electron chi connectivity index (χ1n) is 7.29. The molecule has 2 aromatic rings. The minimum atomic E-state index is 0.546. The number of nitrogens with zero attached hydrogens (tertiary/aromatic N) is 4. The molecule has 108 valence electrons. The van der Waals surface area contributed by atoms with Gasteiger partial charge in [-0.2, -0.15) is 5.10 Å². The van der Waals surface area contributed by atoms with Gasteiger partial charge in [0.25, 0.3) is 0 Å². The third kappa shape index (κ3) is 2.77. The lowest BCUT2D eigenvalue weighted by Gasteiger charge is -2.23. The SMILES string of the molecule is Cc1cc(C)n(C[C@H]2CCCN2Cc2cc(C)on2)n1. The minimum absolute atomic E-state index is 0.546. The molecule has 3 heterocycles. The number of hydrogen-bond acceptors (Lipinski definition) is 4. The summed E-state index contributed by atoms with van der Waals surface area (Å²) >= 11 is 0. The maximum Gasteiger partial charge on any atom is 0.133 e. The van der Waals surface area contributed by atoms with Crippen LogP contribution in [-0.4, -0.2) is 32.4 Å². The molecular formula is C15H22N4O. The van der Waals surface area contributed by atoms with Crippen LogP contribution in [0.3, 0.4) is 0 Å². The summed E-state index contributed by atoms with van der Waals surface area (Å²) in [5, 5.41) is 8.68. The maximum absolute atomic E-state index is 5.16. The van der Waals surface area contributed by atoms with Crippen LogP contribution >= 0.6 is 0 Å². The number of hydrogen-bond donors (Lipinski definition) is 0. The summed E-state index contributed by atoms with van der Waals surface area (Å²) < 4.78 is 7.29. The second-order valence-electron chi connectivity index (χ2n) is 5.80. The summed E-state index contributed by atoms with van der Waals surface area (Å²) in [4.78, 5) is 2.49. The zero-order valence-corrected chi connectivity index (χ0v) is 12.5. The molecule has 0 N–H and O–H groups in total. The largest absolute Gasteiger partial charge is 0.361 e. The average Bonchev–Trinajstić information content (AvgIpc) is 3.05. The van der Waals surface area contributed by atoms with Gasteiger partial charge in [-0.05, 0) is 46.2 Å². The van der Waals surface area contributed by atoms with Crippen LogP contribution in [0.4, 0.5) is 0 Å². The number of aromatic nitrogens is 3. The molecule has 5 heteroatoms. The van der Waals surface area contributed by atoms with Crippen molar-refractivity contribution in [1.29, 1.82) is 0 Å². The Bertz CT molecular complexity index is 586. The van der Waals surface area contributed by atoms with E-state index in [1.54, 1.807) is 0 Å². The average molecular weight is 274 g/mol. The van der Waals surface area contributed by atoms with Crippen LogP contribution in [0.25, 0.3) is 0 Å². The smallest absolute Gasteiger partial charge is 0.133 e. The Morgan fingerprint density at radius 2 is 2.15 bits per heavy atom. The van der Waals surface area contributed by atoms with Gasteiger partial charge in [0.05, 0.1) is 17.9 Å². The fourth-order valence-electron chi connectivity index (χ4n) is 3.07.